The molecule has 6 atom stereocenters. The summed E-state index contributed by atoms with van der Waals surface area (Å²) in [5.74, 6) is 0.262. The molecule has 0 aromatic heterocycles. The third kappa shape index (κ3) is 5.33. The van der Waals surface area contributed by atoms with Crippen LogP contribution in [0.5, 0.6) is 0 Å². The monoisotopic (exact) mass is 544 g/mol. The van der Waals surface area contributed by atoms with Crippen LogP contribution in [0.3, 0.4) is 0 Å². The second-order valence-electron chi connectivity index (χ2n) is 13.0. The highest BCUT2D eigenvalue weighted by atomic mass is 28.4. The number of benzene rings is 2. The number of carbonyl (C=O) groups excluding carboxylic acids is 1. The Morgan fingerprint density at radius 2 is 1.62 bits per heavy atom. The Hall–Kier alpha value is -2.47. The molecule has 0 radical (unpaired) electrons. The Morgan fingerprint density at radius 3 is 2.18 bits per heavy atom. The third-order valence-electron chi connectivity index (χ3n) is 9.08. The predicted octanol–water partition coefficient (Wildman–Crippen LogP) is 6.34. The van der Waals surface area contributed by atoms with Crippen molar-refractivity contribution in [1.29, 1.82) is 0 Å². The first-order valence-corrected chi connectivity index (χ1v) is 16.4. The highest BCUT2D eigenvalue weighted by Gasteiger charge is 2.56. The molecule has 1 aliphatic carbocycles. The molecule has 3 aliphatic rings. The van der Waals surface area contributed by atoms with E-state index in [2.05, 4.69) is 114 Å². The van der Waals surface area contributed by atoms with Gasteiger partial charge in [0.15, 0.2) is 0 Å². The molecule has 0 saturated carbocycles. The van der Waals surface area contributed by atoms with E-state index >= 15 is 0 Å². The van der Waals surface area contributed by atoms with Gasteiger partial charge in [0.2, 0.25) is 0 Å². The van der Waals surface area contributed by atoms with Gasteiger partial charge in [-0.25, -0.2) is 0 Å². The molecule has 5 heteroatoms. The van der Waals surface area contributed by atoms with E-state index in [1.165, 1.54) is 22.9 Å². The van der Waals surface area contributed by atoms with Crippen molar-refractivity contribution >= 4 is 24.7 Å². The molecule has 0 spiro atoms. The first-order valence-electron chi connectivity index (χ1n) is 14.5. The molecule has 2 aliphatic heterocycles. The molecule has 1 fully saturated rings. The molecule has 1 saturated heterocycles. The summed E-state index contributed by atoms with van der Waals surface area (Å²) in [6.45, 7) is 12.8. The molecule has 0 N–H and O–H groups in total. The van der Waals surface area contributed by atoms with Crippen molar-refractivity contribution in [3.63, 3.8) is 0 Å². The molecule has 2 heterocycles. The van der Waals surface area contributed by atoms with Gasteiger partial charge in [0.05, 0.1) is 12.2 Å². The quantitative estimate of drug-likeness (QED) is 0.250. The fourth-order valence-corrected chi connectivity index (χ4v) is 12.0. The van der Waals surface area contributed by atoms with Crippen LogP contribution in [0, 0.1) is 11.8 Å². The summed E-state index contributed by atoms with van der Waals surface area (Å²) < 4.78 is 20.3. The molecular weight excluding hydrogens is 500 g/mol. The van der Waals surface area contributed by atoms with Gasteiger partial charge >= 0.3 is 5.97 Å². The van der Waals surface area contributed by atoms with Gasteiger partial charge in [-0.1, -0.05) is 105 Å². The van der Waals surface area contributed by atoms with Gasteiger partial charge in [-0.05, 0) is 60.9 Å². The smallest absolute Gasteiger partial charge is 0.303 e. The zero-order valence-corrected chi connectivity index (χ0v) is 25.4. The van der Waals surface area contributed by atoms with Crippen molar-refractivity contribution in [2.75, 3.05) is 0 Å². The number of hydrogen-bond acceptors (Lipinski definition) is 4. The Morgan fingerprint density at radius 1 is 1.00 bits per heavy atom. The Labute approximate surface area is 235 Å². The Kier molecular flexibility index (Phi) is 7.80. The zero-order chi connectivity index (χ0) is 27.8. The van der Waals surface area contributed by atoms with Gasteiger partial charge in [-0.2, -0.15) is 0 Å². The first kappa shape index (κ1) is 28.1. The van der Waals surface area contributed by atoms with Crippen LogP contribution in [0.4, 0.5) is 0 Å². The molecule has 208 valence electrons. The number of fused-ring (bicyclic) bond motifs is 5. The van der Waals surface area contributed by atoms with E-state index in [9.17, 15) is 4.79 Å². The SMILES string of the molecule is CC(=O)O[C@]1(C)CC/C=C(/C)C[C@H]2O[C@@H]1[C@@H]1C=C[C@H](O[Si](c3ccccc3)(c3ccccc3)C(C)(C)C)C[C@@H]12. The van der Waals surface area contributed by atoms with Gasteiger partial charge in [0.25, 0.3) is 8.32 Å². The number of allylic oxidation sites excluding steroid dienone is 1. The van der Waals surface area contributed by atoms with E-state index in [1.807, 2.05) is 0 Å². The van der Waals surface area contributed by atoms with E-state index in [0.29, 0.717) is 5.92 Å². The molecule has 2 bridgehead atoms. The number of esters is 1. The normalized spacial score (nSPS) is 32.3. The van der Waals surface area contributed by atoms with Crippen molar-refractivity contribution in [2.24, 2.45) is 11.8 Å². The molecule has 0 amide bonds. The maximum absolute atomic E-state index is 12.1. The van der Waals surface area contributed by atoms with Crippen LogP contribution in [0.25, 0.3) is 0 Å². The highest BCUT2D eigenvalue weighted by molar-refractivity contribution is 6.99. The summed E-state index contributed by atoms with van der Waals surface area (Å²) >= 11 is 0. The molecule has 0 unspecified atom stereocenters. The Balaban J connectivity index is 1.54. The minimum absolute atomic E-state index is 0.0189. The van der Waals surface area contributed by atoms with Crippen molar-refractivity contribution in [2.45, 2.75) is 96.2 Å². The van der Waals surface area contributed by atoms with Crippen molar-refractivity contribution in [3.05, 3.63) is 84.5 Å². The summed E-state index contributed by atoms with van der Waals surface area (Å²) in [5, 5.41) is 2.52. The molecule has 5 rings (SSSR count). The van der Waals surface area contributed by atoms with Gasteiger partial charge in [0.1, 0.15) is 11.7 Å². The zero-order valence-electron chi connectivity index (χ0n) is 24.4. The van der Waals surface area contributed by atoms with Crippen molar-refractivity contribution < 1.29 is 18.7 Å². The van der Waals surface area contributed by atoms with E-state index in [1.54, 1.807) is 0 Å². The fourth-order valence-electron chi connectivity index (χ4n) is 7.35. The Bertz CT molecular complexity index is 1180. The first-order chi connectivity index (χ1) is 18.5. The van der Waals surface area contributed by atoms with Gasteiger partial charge < -0.3 is 13.9 Å². The number of hydrogen-bond donors (Lipinski definition) is 0. The number of rotatable bonds is 5. The summed E-state index contributed by atoms with van der Waals surface area (Å²) in [7, 11) is -2.68. The molecule has 39 heavy (non-hydrogen) atoms. The highest BCUT2D eigenvalue weighted by Crippen LogP contribution is 2.49. The van der Waals surface area contributed by atoms with Gasteiger partial charge in [-0.15, -0.1) is 0 Å². The topological polar surface area (TPSA) is 44.8 Å². The second-order valence-corrected chi connectivity index (χ2v) is 17.2. The number of carbonyl (C=O) groups is 1. The average molecular weight is 545 g/mol. The summed E-state index contributed by atoms with van der Waals surface area (Å²) in [5.41, 5.74) is 0.700. The van der Waals surface area contributed by atoms with Gasteiger partial charge in [-0.3, -0.25) is 4.79 Å². The maximum atomic E-state index is 12.1. The lowest BCUT2D eigenvalue weighted by Crippen LogP contribution is -2.67. The lowest BCUT2D eigenvalue weighted by Gasteiger charge is -2.46. The number of ether oxygens (including phenoxy) is 2. The fraction of sp³-hybridized carbons (Fsp3) is 0.500. The lowest BCUT2D eigenvalue weighted by atomic mass is 9.73. The van der Waals surface area contributed by atoms with Crippen LogP contribution >= 0.6 is 0 Å². The summed E-state index contributed by atoms with van der Waals surface area (Å²) in [6, 6.07) is 21.7. The van der Waals surface area contributed by atoms with Crippen LogP contribution in [-0.2, 0) is 18.7 Å². The standard InChI is InChI=1S/C34H44O4Si/c1-24-14-13-21-34(6,37-25(2)35)32-29-20-19-26(23-30(29)31(22-24)36-32)38-39(33(3,4)5,27-15-9-7-10-16-27)28-17-11-8-12-18-28/h7-12,14-20,26,29-32H,13,21-23H2,1-6H3/b24-14-/t26-,29+,30-,31+,32+,34+/m0/s1. The van der Waals surface area contributed by atoms with E-state index < -0.39 is 13.9 Å². The van der Waals surface area contributed by atoms with Crippen molar-refractivity contribution in [1.82, 2.24) is 0 Å². The van der Waals surface area contributed by atoms with Crippen LogP contribution in [0.2, 0.25) is 5.04 Å². The third-order valence-corrected chi connectivity index (χ3v) is 14.1. The lowest BCUT2D eigenvalue weighted by molar-refractivity contribution is -0.175. The van der Waals surface area contributed by atoms with E-state index in [4.69, 9.17) is 13.9 Å². The molecular formula is C34H44O4Si. The van der Waals surface area contributed by atoms with E-state index in [0.717, 1.165) is 25.7 Å². The predicted molar refractivity (Wildman–Crippen MR) is 160 cm³/mol. The minimum atomic E-state index is -2.68. The minimum Gasteiger partial charge on any atom is -0.457 e. The second kappa shape index (κ2) is 10.8. The summed E-state index contributed by atoms with van der Waals surface area (Å²) in [4.78, 5) is 12.1. The van der Waals surface area contributed by atoms with Gasteiger partial charge in [0, 0.05) is 12.8 Å². The van der Waals surface area contributed by atoms with Crippen LogP contribution in [0.1, 0.15) is 67.2 Å². The summed E-state index contributed by atoms with van der Waals surface area (Å²) in [6.07, 6.45) is 10.3. The van der Waals surface area contributed by atoms with Crippen LogP contribution in [-0.4, -0.2) is 38.2 Å². The van der Waals surface area contributed by atoms with E-state index in [-0.39, 0.29) is 35.2 Å². The maximum Gasteiger partial charge on any atom is 0.303 e. The van der Waals surface area contributed by atoms with Crippen molar-refractivity contribution in [3.8, 4) is 0 Å². The average Bonchev–Trinajstić information content (AvgIpc) is 3.27. The van der Waals surface area contributed by atoms with Crippen LogP contribution in [0.15, 0.2) is 84.5 Å². The largest absolute Gasteiger partial charge is 0.457 e. The van der Waals surface area contributed by atoms with Crippen LogP contribution < -0.4 is 10.4 Å². The molecule has 2 aromatic rings. The molecule has 2 aromatic carbocycles. The molecule has 4 nitrogen and oxygen atoms in total.